The monoisotopic (exact) mass is 480 g/mol. The molecule has 8 heteroatoms. The molecule has 6 rings (SSSR count). The van der Waals surface area contributed by atoms with Crippen molar-refractivity contribution in [3.05, 3.63) is 73.5 Å². The Hall–Kier alpha value is -4.30. The number of anilines is 3. The van der Waals surface area contributed by atoms with Crippen molar-refractivity contribution in [2.45, 2.75) is 13.0 Å². The molecule has 182 valence electrons. The van der Waals surface area contributed by atoms with Crippen LogP contribution in [0.4, 0.5) is 17.3 Å². The lowest BCUT2D eigenvalue weighted by Gasteiger charge is -2.33. The molecule has 5 aromatic rings. The summed E-state index contributed by atoms with van der Waals surface area (Å²) in [6, 6.07) is 16.8. The van der Waals surface area contributed by atoms with Crippen molar-refractivity contribution in [1.29, 1.82) is 0 Å². The third kappa shape index (κ3) is 4.27. The number of H-pyrrole nitrogens is 1. The summed E-state index contributed by atoms with van der Waals surface area (Å²) in [7, 11) is 1.67. The van der Waals surface area contributed by atoms with Crippen molar-refractivity contribution in [3.63, 3.8) is 0 Å². The molecule has 1 atom stereocenters. The Balaban J connectivity index is 1.33. The van der Waals surface area contributed by atoms with E-state index >= 15 is 0 Å². The van der Waals surface area contributed by atoms with Gasteiger partial charge in [0.2, 0.25) is 5.95 Å². The summed E-state index contributed by atoms with van der Waals surface area (Å²) in [4.78, 5) is 15.3. The largest absolute Gasteiger partial charge is 0.497 e. The third-order valence-corrected chi connectivity index (χ3v) is 6.62. The third-order valence-electron chi connectivity index (χ3n) is 6.62. The maximum Gasteiger partial charge on any atom is 0.227 e. The first-order valence-electron chi connectivity index (χ1n) is 12.1. The molecule has 36 heavy (non-hydrogen) atoms. The smallest absolute Gasteiger partial charge is 0.227 e. The van der Waals surface area contributed by atoms with Gasteiger partial charge in [0, 0.05) is 83.1 Å². The van der Waals surface area contributed by atoms with Gasteiger partial charge in [-0.2, -0.15) is 0 Å². The van der Waals surface area contributed by atoms with E-state index in [0.717, 1.165) is 64.4 Å². The molecule has 0 saturated carbocycles. The lowest BCUT2D eigenvalue weighted by Crippen LogP contribution is -2.49. The first-order valence-corrected chi connectivity index (χ1v) is 12.1. The van der Waals surface area contributed by atoms with E-state index in [0.29, 0.717) is 12.0 Å². The van der Waals surface area contributed by atoms with Crippen LogP contribution in [0.15, 0.2) is 77.9 Å². The first-order chi connectivity index (χ1) is 17.7. The first kappa shape index (κ1) is 22.2. The standard InChI is InChI=1S/C28H28N6O2/c1-18-16-34(11-10-29-18)21-5-3-20(4-6-21)32-28-31-14-24(19-9-12-36-17-19)27(33-28)25-15-30-26-13-22(35-2)7-8-23(25)26/h3-9,12-15,17-18,29-30H,10-11,16H2,1-2H3,(H,31,32,33)/t18-/m0/s1. The summed E-state index contributed by atoms with van der Waals surface area (Å²) in [5.74, 6) is 1.33. The molecule has 8 nitrogen and oxygen atoms in total. The van der Waals surface area contributed by atoms with E-state index in [4.69, 9.17) is 14.1 Å². The Morgan fingerprint density at radius 2 is 2.00 bits per heavy atom. The van der Waals surface area contributed by atoms with Crippen LogP contribution in [0.5, 0.6) is 5.75 Å². The van der Waals surface area contributed by atoms with Crippen molar-refractivity contribution in [2.75, 3.05) is 37.0 Å². The van der Waals surface area contributed by atoms with Crippen molar-refractivity contribution in [3.8, 4) is 28.1 Å². The van der Waals surface area contributed by atoms with Gasteiger partial charge in [-0.25, -0.2) is 9.97 Å². The van der Waals surface area contributed by atoms with Crippen molar-refractivity contribution < 1.29 is 9.15 Å². The van der Waals surface area contributed by atoms with E-state index in [2.05, 4.69) is 56.7 Å². The second-order valence-electron chi connectivity index (χ2n) is 9.05. The van der Waals surface area contributed by atoms with E-state index in [1.54, 1.807) is 19.6 Å². The number of nitrogens with one attached hydrogen (secondary N) is 3. The number of methoxy groups -OCH3 is 1. The molecule has 0 bridgehead atoms. The van der Waals surface area contributed by atoms with Gasteiger partial charge in [-0.05, 0) is 49.4 Å². The minimum absolute atomic E-state index is 0.489. The van der Waals surface area contributed by atoms with Crippen LogP contribution in [-0.2, 0) is 0 Å². The van der Waals surface area contributed by atoms with Crippen LogP contribution in [0, 0.1) is 0 Å². The van der Waals surface area contributed by atoms with Gasteiger partial charge in [-0.1, -0.05) is 0 Å². The van der Waals surface area contributed by atoms with Crippen LogP contribution < -0.4 is 20.3 Å². The van der Waals surface area contributed by atoms with Crippen molar-refractivity contribution in [2.24, 2.45) is 0 Å². The molecule has 0 unspecified atom stereocenters. The van der Waals surface area contributed by atoms with Crippen molar-refractivity contribution in [1.82, 2.24) is 20.3 Å². The number of piperazine rings is 1. The molecule has 0 amide bonds. The number of ether oxygens (including phenoxy) is 1. The Morgan fingerprint density at radius 3 is 2.78 bits per heavy atom. The number of hydrogen-bond donors (Lipinski definition) is 3. The molecule has 1 fully saturated rings. The summed E-state index contributed by atoms with van der Waals surface area (Å²) in [6.45, 7) is 5.23. The summed E-state index contributed by atoms with van der Waals surface area (Å²) >= 11 is 0. The predicted octanol–water partition coefficient (Wildman–Crippen LogP) is 5.44. The number of aromatic amines is 1. The maximum atomic E-state index is 5.38. The zero-order chi connectivity index (χ0) is 24.5. The Morgan fingerprint density at radius 1 is 1.11 bits per heavy atom. The molecule has 0 aliphatic carbocycles. The molecule has 0 spiro atoms. The predicted molar refractivity (Wildman–Crippen MR) is 143 cm³/mol. The number of furan rings is 1. The van der Waals surface area contributed by atoms with E-state index in [9.17, 15) is 0 Å². The van der Waals surface area contributed by atoms with Crippen LogP contribution in [-0.4, -0.2) is 47.7 Å². The summed E-state index contributed by atoms with van der Waals surface area (Å²) in [6.07, 6.45) is 7.19. The van der Waals surface area contributed by atoms with E-state index in [1.807, 2.05) is 36.7 Å². The summed E-state index contributed by atoms with van der Waals surface area (Å²) < 4.78 is 10.7. The van der Waals surface area contributed by atoms with Crippen LogP contribution in [0.2, 0.25) is 0 Å². The molecular weight excluding hydrogens is 452 g/mol. The van der Waals surface area contributed by atoms with Gasteiger partial charge in [0.05, 0.1) is 25.3 Å². The molecule has 1 aliphatic heterocycles. The van der Waals surface area contributed by atoms with E-state index < -0.39 is 0 Å². The lowest BCUT2D eigenvalue weighted by atomic mass is 10.0. The zero-order valence-electron chi connectivity index (χ0n) is 20.3. The van der Waals surface area contributed by atoms with Gasteiger partial charge in [-0.15, -0.1) is 0 Å². The van der Waals surface area contributed by atoms with E-state index in [-0.39, 0.29) is 0 Å². The minimum Gasteiger partial charge on any atom is -0.497 e. The van der Waals surface area contributed by atoms with Crippen LogP contribution in [0.1, 0.15) is 6.92 Å². The average molecular weight is 481 g/mol. The Labute approximate surface area is 209 Å². The molecule has 3 N–H and O–H groups in total. The molecule has 4 heterocycles. The van der Waals surface area contributed by atoms with Gasteiger partial charge >= 0.3 is 0 Å². The Kier molecular flexibility index (Phi) is 5.79. The zero-order valence-corrected chi connectivity index (χ0v) is 20.3. The average Bonchev–Trinajstić information content (AvgIpc) is 3.59. The SMILES string of the molecule is COc1ccc2c(-c3nc(Nc4ccc(N5CCN[C@@H](C)C5)cc4)ncc3-c3ccoc3)c[nH]c2c1. The lowest BCUT2D eigenvalue weighted by molar-refractivity contribution is 0.415. The molecule has 2 aromatic carbocycles. The highest BCUT2D eigenvalue weighted by atomic mass is 16.5. The molecular formula is C28H28N6O2. The topological polar surface area (TPSA) is 91.2 Å². The highest BCUT2D eigenvalue weighted by molar-refractivity contribution is 5.99. The fraction of sp³-hybridized carbons (Fsp3) is 0.214. The Bertz CT molecular complexity index is 1480. The molecule has 1 saturated heterocycles. The fourth-order valence-corrected chi connectivity index (χ4v) is 4.76. The highest BCUT2D eigenvalue weighted by Crippen LogP contribution is 2.36. The maximum absolute atomic E-state index is 5.38. The number of rotatable bonds is 6. The van der Waals surface area contributed by atoms with E-state index in [1.165, 1.54) is 5.69 Å². The van der Waals surface area contributed by atoms with Gasteiger partial charge in [0.1, 0.15) is 5.75 Å². The van der Waals surface area contributed by atoms with Gasteiger partial charge < -0.3 is 29.7 Å². The number of benzene rings is 2. The fourth-order valence-electron chi connectivity index (χ4n) is 4.76. The molecule has 3 aromatic heterocycles. The van der Waals surface area contributed by atoms with Gasteiger partial charge in [-0.3, -0.25) is 0 Å². The normalized spacial score (nSPS) is 15.8. The number of aromatic nitrogens is 3. The highest BCUT2D eigenvalue weighted by Gasteiger charge is 2.18. The summed E-state index contributed by atoms with van der Waals surface area (Å²) in [5.41, 5.74) is 6.76. The molecule has 0 radical (unpaired) electrons. The second kappa shape index (κ2) is 9.39. The number of hydrogen-bond acceptors (Lipinski definition) is 7. The molecule has 1 aliphatic rings. The summed E-state index contributed by atoms with van der Waals surface area (Å²) in [5, 5.41) is 7.92. The van der Waals surface area contributed by atoms with Crippen molar-refractivity contribution >= 4 is 28.2 Å². The number of nitrogens with zero attached hydrogens (tertiary/aromatic N) is 3. The van der Waals surface area contributed by atoms with Gasteiger partial charge in [0.15, 0.2) is 0 Å². The van der Waals surface area contributed by atoms with Gasteiger partial charge in [0.25, 0.3) is 0 Å². The van der Waals surface area contributed by atoms with Crippen LogP contribution >= 0.6 is 0 Å². The van der Waals surface area contributed by atoms with Crippen LogP contribution in [0.3, 0.4) is 0 Å². The quantitative estimate of drug-likeness (QED) is 0.298. The minimum atomic E-state index is 0.489. The second-order valence-corrected chi connectivity index (χ2v) is 9.05. The number of fused-ring (bicyclic) bond motifs is 1. The van der Waals surface area contributed by atoms with Crippen LogP contribution in [0.25, 0.3) is 33.3 Å².